The quantitative estimate of drug-likeness (QED) is 0.581. The first kappa shape index (κ1) is 12.1. The number of nitrogens with one attached hydrogen (secondary N) is 1. The van der Waals surface area contributed by atoms with Crippen LogP contribution >= 0.6 is 0 Å². The maximum Gasteiger partial charge on any atom is 0.261 e. The maximum absolute atomic E-state index is 11.5. The first-order valence-electron chi connectivity index (χ1n) is 5.05. The number of ether oxygens (including phenoxy) is 1. The zero-order valence-corrected chi connectivity index (χ0v) is 9.27. The van der Waals surface area contributed by atoms with E-state index < -0.39 is 6.10 Å². The smallest absolute Gasteiger partial charge is 0.261 e. The molecule has 16 heavy (non-hydrogen) atoms. The van der Waals surface area contributed by atoms with Crippen LogP contribution in [0.2, 0.25) is 0 Å². The van der Waals surface area contributed by atoms with Crippen LogP contribution in [0.15, 0.2) is 36.9 Å². The number of para-hydroxylation sites is 2. The van der Waals surface area contributed by atoms with Crippen LogP contribution in [0.5, 0.6) is 5.75 Å². The first-order chi connectivity index (χ1) is 7.65. The maximum atomic E-state index is 11.5. The lowest BCUT2D eigenvalue weighted by atomic mass is 10.3. The SMILES string of the molecule is C=CCNC(=O)C(C)Oc1ccccc1N. The molecule has 0 saturated heterocycles. The van der Waals surface area contributed by atoms with E-state index in [1.165, 1.54) is 0 Å². The minimum absolute atomic E-state index is 0.192. The molecule has 0 aliphatic carbocycles. The van der Waals surface area contributed by atoms with E-state index in [2.05, 4.69) is 11.9 Å². The molecule has 0 heterocycles. The van der Waals surface area contributed by atoms with Crippen molar-refractivity contribution < 1.29 is 9.53 Å². The number of rotatable bonds is 5. The standard InChI is InChI=1S/C12H16N2O2/c1-3-8-14-12(15)9(2)16-11-7-5-4-6-10(11)13/h3-7,9H,1,8,13H2,2H3,(H,14,15). The fourth-order valence-electron chi connectivity index (χ4n) is 1.15. The number of nitrogen functional groups attached to an aromatic ring is 1. The monoisotopic (exact) mass is 220 g/mol. The van der Waals surface area contributed by atoms with E-state index in [0.29, 0.717) is 18.0 Å². The van der Waals surface area contributed by atoms with Gasteiger partial charge in [-0.1, -0.05) is 18.2 Å². The molecule has 86 valence electrons. The van der Waals surface area contributed by atoms with Gasteiger partial charge in [0.2, 0.25) is 0 Å². The van der Waals surface area contributed by atoms with Gasteiger partial charge in [0.15, 0.2) is 6.10 Å². The van der Waals surface area contributed by atoms with Crippen molar-refractivity contribution in [1.82, 2.24) is 5.32 Å². The molecule has 0 fully saturated rings. The van der Waals surface area contributed by atoms with Gasteiger partial charge in [-0.05, 0) is 19.1 Å². The highest BCUT2D eigenvalue weighted by Gasteiger charge is 2.14. The molecule has 1 rings (SSSR count). The molecule has 1 atom stereocenters. The van der Waals surface area contributed by atoms with E-state index in [0.717, 1.165) is 0 Å². The summed E-state index contributed by atoms with van der Waals surface area (Å²) in [6, 6.07) is 7.07. The van der Waals surface area contributed by atoms with Crippen LogP contribution in [0.25, 0.3) is 0 Å². The predicted octanol–water partition coefficient (Wildman–Crippen LogP) is 1.34. The predicted molar refractivity (Wildman–Crippen MR) is 64.2 cm³/mol. The van der Waals surface area contributed by atoms with E-state index in [9.17, 15) is 4.79 Å². The van der Waals surface area contributed by atoms with E-state index in [1.54, 1.807) is 31.2 Å². The van der Waals surface area contributed by atoms with Crippen molar-refractivity contribution in [3.63, 3.8) is 0 Å². The summed E-state index contributed by atoms with van der Waals surface area (Å²) in [5.74, 6) is 0.326. The minimum atomic E-state index is -0.579. The van der Waals surface area contributed by atoms with Crippen LogP contribution in [0, 0.1) is 0 Å². The summed E-state index contributed by atoms with van der Waals surface area (Å²) in [4.78, 5) is 11.5. The summed E-state index contributed by atoms with van der Waals surface area (Å²) in [5, 5.41) is 2.65. The number of hydrogen-bond acceptors (Lipinski definition) is 3. The lowest BCUT2D eigenvalue weighted by Gasteiger charge is -2.15. The van der Waals surface area contributed by atoms with E-state index in [4.69, 9.17) is 10.5 Å². The number of carbonyl (C=O) groups is 1. The number of amides is 1. The fraction of sp³-hybridized carbons (Fsp3) is 0.250. The average Bonchev–Trinajstić information content (AvgIpc) is 2.28. The summed E-state index contributed by atoms with van der Waals surface area (Å²) >= 11 is 0. The zero-order valence-electron chi connectivity index (χ0n) is 9.27. The molecular weight excluding hydrogens is 204 g/mol. The minimum Gasteiger partial charge on any atom is -0.479 e. The van der Waals surface area contributed by atoms with Crippen molar-refractivity contribution in [1.29, 1.82) is 0 Å². The molecule has 0 aliphatic heterocycles. The van der Waals surface area contributed by atoms with Crippen LogP contribution in [0.4, 0.5) is 5.69 Å². The Labute approximate surface area is 95.1 Å². The van der Waals surface area contributed by atoms with E-state index >= 15 is 0 Å². The number of carbonyl (C=O) groups excluding carboxylic acids is 1. The Balaban J connectivity index is 2.57. The summed E-state index contributed by atoms with van der Waals surface area (Å²) in [6.45, 7) is 5.61. The molecule has 0 spiro atoms. The van der Waals surface area contributed by atoms with Crippen LogP contribution in [-0.2, 0) is 4.79 Å². The Kier molecular flexibility index (Phi) is 4.39. The normalized spacial score (nSPS) is 11.6. The molecule has 0 radical (unpaired) electrons. The third-order valence-electron chi connectivity index (χ3n) is 2.01. The van der Waals surface area contributed by atoms with Crippen LogP contribution in [-0.4, -0.2) is 18.6 Å². The third kappa shape index (κ3) is 3.31. The second-order valence-electron chi connectivity index (χ2n) is 3.33. The molecule has 0 aromatic heterocycles. The van der Waals surface area contributed by atoms with Gasteiger partial charge in [-0.25, -0.2) is 0 Å². The van der Waals surface area contributed by atoms with Crippen LogP contribution in [0.3, 0.4) is 0 Å². The second-order valence-corrected chi connectivity index (χ2v) is 3.33. The summed E-state index contributed by atoms with van der Waals surface area (Å²) < 4.78 is 5.43. The van der Waals surface area contributed by atoms with Gasteiger partial charge in [-0.2, -0.15) is 0 Å². The fourth-order valence-corrected chi connectivity index (χ4v) is 1.15. The highest BCUT2D eigenvalue weighted by atomic mass is 16.5. The number of anilines is 1. The molecule has 3 N–H and O–H groups in total. The Morgan fingerprint density at radius 2 is 2.31 bits per heavy atom. The van der Waals surface area contributed by atoms with Gasteiger partial charge in [0.05, 0.1) is 5.69 Å². The number of benzene rings is 1. The molecule has 0 aliphatic rings. The van der Waals surface area contributed by atoms with Crippen molar-refractivity contribution >= 4 is 11.6 Å². The molecule has 4 nitrogen and oxygen atoms in total. The molecule has 0 saturated carbocycles. The Morgan fingerprint density at radius 3 is 2.94 bits per heavy atom. The molecule has 1 aromatic rings. The third-order valence-corrected chi connectivity index (χ3v) is 2.01. The van der Waals surface area contributed by atoms with Crippen molar-refractivity contribution in [2.75, 3.05) is 12.3 Å². The summed E-state index contributed by atoms with van der Waals surface area (Å²) in [6.07, 6.45) is 1.03. The largest absolute Gasteiger partial charge is 0.479 e. The van der Waals surface area contributed by atoms with Gasteiger partial charge in [0.1, 0.15) is 5.75 Å². The summed E-state index contributed by atoms with van der Waals surface area (Å²) in [7, 11) is 0. The van der Waals surface area contributed by atoms with Gasteiger partial charge in [-0.3, -0.25) is 4.79 Å². The molecule has 1 amide bonds. The van der Waals surface area contributed by atoms with Gasteiger partial charge < -0.3 is 15.8 Å². The molecule has 1 aromatic carbocycles. The topological polar surface area (TPSA) is 64.3 Å². The van der Waals surface area contributed by atoms with E-state index in [-0.39, 0.29) is 5.91 Å². The molecule has 1 unspecified atom stereocenters. The zero-order chi connectivity index (χ0) is 12.0. The summed E-state index contributed by atoms with van der Waals surface area (Å²) in [5.41, 5.74) is 6.22. The van der Waals surface area contributed by atoms with Crippen molar-refractivity contribution in [2.45, 2.75) is 13.0 Å². The average molecular weight is 220 g/mol. The highest BCUT2D eigenvalue weighted by molar-refractivity contribution is 5.81. The van der Waals surface area contributed by atoms with Crippen molar-refractivity contribution in [2.24, 2.45) is 0 Å². The van der Waals surface area contributed by atoms with Gasteiger partial charge >= 0.3 is 0 Å². The van der Waals surface area contributed by atoms with Crippen LogP contribution < -0.4 is 15.8 Å². The Morgan fingerprint density at radius 1 is 1.62 bits per heavy atom. The second kappa shape index (κ2) is 5.80. The lowest BCUT2D eigenvalue weighted by molar-refractivity contribution is -0.127. The lowest BCUT2D eigenvalue weighted by Crippen LogP contribution is -2.36. The van der Waals surface area contributed by atoms with E-state index in [1.807, 2.05) is 6.07 Å². The molecule has 0 bridgehead atoms. The van der Waals surface area contributed by atoms with Gasteiger partial charge in [0.25, 0.3) is 5.91 Å². The van der Waals surface area contributed by atoms with Crippen molar-refractivity contribution in [3.05, 3.63) is 36.9 Å². The highest BCUT2D eigenvalue weighted by Crippen LogP contribution is 2.20. The first-order valence-corrected chi connectivity index (χ1v) is 5.05. The number of hydrogen-bond donors (Lipinski definition) is 2. The number of nitrogens with two attached hydrogens (primary N) is 1. The van der Waals surface area contributed by atoms with Gasteiger partial charge in [0, 0.05) is 6.54 Å². The van der Waals surface area contributed by atoms with Crippen LogP contribution in [0.1, 0.15) is 6.92 Å². The molecule has 4 heteroatoms. The molecular formula is C12H16N2O2. The Hall–Kier alpha value is -1.97. The Bertz CT molecular complexity index is 377. The van der Waals surface area contributed by atoms with Crippen molar-refractivity contribution in [3.8, 4) is 5.75 Å². The van der Waals surface area contributed by atoms with Gasteiger partial charge in [-0.15, -0.1) is 6.58 Å².